The Kier molecular flexibility index (Phi) is 5.64. The molecule has 1 aliphatic carbocycles. The predicted molar refractivity (Wildman–Crippen MR) is 106 cm³/mol. The molecule has 1 amide bonds. The topological polar surface area (TPSA) is 101 Å². The van der Waals surface area contributed by atoms with Crippen molar-refractivity contribution in [1.29, 1.82) is 0 Å². The lowest BCUT2D eigenvalue weighted by Gasteiger charge is -2.35. The molecule has 1 saturated carbocycles. The van der Waals surface area contributed by atoms with E-state index in [1.807, 2.05) is 24.3 Å². The van der Waals surface area contributed by atoms with Gasteiger partial charge in [0, 0.05) is 13.0 Å². The average Bonchev–Trinajstić information content (AvgIpc) is 3.40. The van der Waals surface area contributed by atoms with Gasteiger partial charge in [-0.1, -0.05) is 37.8 Å². The van der Waals surface area contributed by atoms with Gasteiger partial charge in [-0.15, -0.1) is 5.10 Å². The number of benzene rings is 1. The molecule has 8 heteroatoms. The lowest BCUT2D eigenvalue weighted by atomic mass is 9.81. The second kappa shape index (κ2) is 8.50. The first-order valence-corrected chi connectivity index (χ1v) is 10.2. The van der Waals surface area contributed by atoms with Crippen molar-refractivity contribution in [3.05, 3.63) is 36.4 Å². The van der Waals surface area contributed by atoms with Crippen molar-refractivity contribution in [1.82, 2.24) is 35.5 Å². The van der Waals surface area contributed by atoms with E-state index < -0.39 is 5.54 Å². The Hall–Kier alpha value is -2.77. The van der Waals surface area contributed by atoms with E-state index in [1.165, 1.54) is 6.42 Å². The Bertz CT molecular complexity index is 863. The molecular formula is C20H27N7O. The zero-order chi connectivity index (χ0) is 19.2. The van der Waals surface area contributed by atoms with Crippen LogP contribution in [0.1, 0.15) is 57.2 Å². The molecule has 148 valence electrons. The van der Waals surface area contributed by atoms with Crippen LogP contribution in [-0.2, 0) is 16.8 Å². The number of amides is 1. The number of carbonyl (C=O) groups is 1. The van der Waals surface area contributed by atoms with E-state index in [1.54, 1.807) is 11.0 Å². The Morgan fingerprint density at radius 3 is 2.79 bits per heavy atom. The normalized spacial score (nSPS) is 16.3. The van der Waals surface area contributed by atoms with Gasteiger partial charge in [-0.2, -0.15) is 0 Å². The molecule has 28 heavy (non-hydrogen) atoms. The number of unbranched alkanes of at least 4 members (excludes halogenated alkanes) is 2. The molecule has 0 unspecified atom stereocenters. The fraction of sp³-hybridized carbons (Fsp3) is 0.550. The number of H-pyrrole nitrogens is 1. The second-order valence-corrected chi connectivity index (χ2v) is 7.61. The first-order chi connectivity index (χ1) is 13.8. The molecule has 4 rings (SSSR count). The first kappa shape index (κ1) is 18.6. The van der Waals surface area contributed by atoms with E-state index in [4.69, 9.17) is 0 Å². The monoisotopic (exact) mass is 381 g/mol. The van der Waals surface area contributed by atoms with Crippen LogP contribution in [0, 0.1) is 0 Å². The van der Waals surface area contributed by atoms with Crippen molar-refractivity contribution < 1.29 is 4.79 Å². The maximum Gasteiger partial charge on any atom is 0.248 e. The van der Waals surface area contributed by atoms with Crippen molar-refractivity contribution in [3.8, 4) is 0 Å². The molecule has 0 radical (unpaired) electrons. The highest BCUT2D eigenvalue weighted by atomic mass is 16.2. The number of fused-ring (bicyclic) bond motifs is 1. The number of aromatic nitrogens is 6. The summed E-state index contributed by atoms with van der Waals surface area (Å²) in [4.78, 5) is 20.9. The number of aryl methyl sites for hydroxylation is 1. The Morgan fingerprint density at radius 1 is 1.14 bits per heavy atom. The number of hydrogen-bond donors (Lipinski definition) is 2. The van der Waals surface area contributed by atoms with Crippen molar-refractivity contribution in [2.75, 3.05) is 6.54 Å². The third kappa shape index (κ3) is 3.90. The highest BCUT2D eigenvalue weighted by Gasteiger charge is 2.42. The van der Waals surface area contributed by atoms with Crippen LogP contribution in [0.25, 0.3) is 11.0 Å². The lowest BCUT2D eigenvalue weighted by molar-refractivity contribution is -0.132. The third-order valence-corrected chi connectivity index (χ3v) is 5.71. The molecule has 8 nitrogen and oxygen atoms in total. The summed E-state index contributed by atoms with van der Waals surface area (Å²) in [5.41, 5.74) is 1.49. The fourth-order valence-corrected chi connectivity index (χ4v) is 4.14. The van der Waals surface area contributed by atoms with Gasteiger partial charge in [-0.05, 0) is 48.2 Å². The van der Waals surface area contributed by atoms with Crippen molar-refractivity contribution in [2.45, 2.75) is 63.3 Å². The quantitative estimate of drug-likeness (QED) is 0.584. The number of tetrazole rings is 1. The van der Waals surface area contributed by atoms with Gasteiger partial charge in [0.1, 0.15) is 17.7 Å². The van der Waals surface area contributed by atoms with Crippen LogP contribution in [0.5, 0.6) is 0 Å². The van der Waals surface area contributed by atoms with E-state index in [9.17, 15) is 4.79 Å². The van der Waals surface area contributed by atoms with E-state index in [0.717, 1.165) is 68.2 Å². The van der Waals surface area contributed by atoms with Crippen LogP contribution < -0.4 is 5.32 Å². The van der Waals surface area contributed by atoms with Gasteiger partial charge in [-0.3, -0.25) is 4.79 Å². The van der Waals surface area contributed by atoms with Gasteiger partial charge < -0.3 is 10.3 Å². The maximum atomic E-state index is 12.9. The molecule has 0 atom stereocenters. The van der Waals surface area contributed by atoms with Gasteiger partial charge in [0.05, 0.1) is 11.0 Å². The minimum absolute atomic E-state index is 0.0526. The third-order valence-electron chi connectivity index (χ3n) is 5.71. The number of rotatable bonds is 8. The summed E-state index contributed by atoms with van der Waals surface area (Å²) >= 11 is 0. The smallest absolute Gasteiger partial charge is 0.248 e. The Labute approximate surface area is 164 Å². The number of imidazole rings is 1. The predicted octanol–water partition coefficient (Wildman–Crippen LogP) is 2.74. The molecule has 0 aliphatic heterocycles. The zero-order valence-electron chi connectivity index (χ0n) is 16.1. The van der Waals surface area contributed by atoms with Crippen LogP contribution >= 0.6 is 0 Å². The minimum Gasteiger partial charge on any atom is -0.354 e. The summed E-state index contributed by atoms with van der Waals surface area (Å²) in [6, 6.07) is 8.09. The average molecular weight is 381 g/mol. The molecule has 2 N–H and O–H groups in total. The molecule has 1 aliphatic rings. The molecule has 0 spiro atoms. The number of carbonyl (C=O) groups excluding carboxylic acids is 1. The molecule has 1 fully saturated rings. The van der Waals surface area contributed by atoms with Gasteiger partial charge in [0.25, 0.3) is 0 Å². The largest absolute Gasteiger partial charge is 0.354 e. The van der Waals surface area contributed by atoms with Gasteiger partial charge in [0.15, 0.2) is 0 Å². The second-order valence-electron chi connectivity index (χ2n) is 7.61. The lowest BCUT2D eigenvalue weighted by Crippen LogP contribution is -2.50. The van der Waals surface area contributed by atoms with Gasteiger partial charge in [-0.25, -0.2) is 9.67 Å². The summed E-state index contributed by atoms with van der Waals surface area (Å²) in [5, 5.41) is 14.6. The molecule has 0 saturated heterocycles. The van der Waals surface area contributed by atoms with E-state index >= 15 is 0 Å². The van der Waals surface area contributed by atoms with Crippen molar-refractivity contribution in [2.24, 2.45) is 0 Å². The number of aromatic amines is 1. The van der Waals surface area contributed by atoms with Crippen molar-refractivity contribution >= 4 is 16.9 Å². The minimum atomic E-state index is -0.615. The number of hydrogen-bond acceptors (Lipinski definition) is 5. The number of nitrogens with one attached hydrogen (secondary N) is 2. The molecular weight excluding hydrogens is 354 g/mol. The molecule has 1 aromatic carbocycles. The Morgan fingerprint density at radius 2 is 2.00 bits per heavy atom. The van der Waals surface area contributed by atoms with Crippen LogP contribution in [0.15, 0.2) is 30.6 Å². The molecule has 3 aromatic rings. The number of para-hydroxylation sites is 2. The highest BCUT2D eigenvalue weighted by molar-refractivity contribution is 5.84. The van der Waals surface area contributed by atoms with Crippen LogP contribution in [0.3, 0.4) is 0 Å². The molecule has 2 heterocycles. The fourth-order valence-electron chi connectivity index (χ4n) is 4.14. The van der Waals surface area contributed by atoms with Gasteiger partial charge >= 0.3 is 0 Å². The van der Waals surface area contributed by atoms with Crippen LogP contribution in [0.4, 0.5) is 0 Å². The molecule has 2 aromatic heterocycles. The van der Waals surface area contributed by atoms with E-state index in [0.29, 0.717) is 6.54 Å². The summed E-state index contributed by atoms with van der Waals surface area (Å²) in [6.45, 7) is 0.683. The standard InChI is InChI=1S/C20H27N7O/c28-19(20(12-6-2-7-13-20)27-15-22-25-26-27)21-14-8-1-3-11-18-23-16-9-4-5-10-17(16)24-18/h4-5,9-10,15H,1-3,6-8,11-14H2,(H,21,28)(H,23,24). The summed E-state index contributed by atoms with van der Waals surface area (Å²) in [7, 11) is 0. The van der Waals surface area contributed by atoms with Crippen LogP contribution in [-0.4, -0.2) is 42.6 Å². The SMILES string of the molecule is O=C(NCCCCCc1nc2ccccc2[nH]1)C1(n2cnnn2)CCCCC1. The van der Waals surface area contributed by atoms with Crippen molar-refractivity contribution in [3.63, 3.8) is 0 Å². The van der Waals surface area contributed by atoms with Crippen LogP contribution in [0.2, 0.25) is 0 Å². The number of nitrogens with zero attached hydrogens (tertiary/aromatic N) is 5. The summed E-state index contributed by atoms with van der Waals surface area (Å²) < 4.78 is 1.66. The highest BCUT2D eigenvalue weighted by Crippen LogP contribution is 2.34. The van der Waals surface area contributed by atoms with Gasteiger partial charge in [0.2, 0.25) is 5.91 Å². The Balaban J connectivity index is 1.22. The first-order valence-electron chi connectivity index (χ1n) is 10.2. The summed E-state index contributed by atoms with van der Waals surface area (Å²) in [6.07, 6.45) is 10.4. The van der Waals surface area contributed by atoms with E-state index in [-0.39, 0.29) is 5.91 Å². The zero-order valence-corrected chi connectivity index (χ0v) is 16.1. The summed E-state index contributed by atoms with van der Waals surface area (Å²) in [5.74, 6) is 1.09. The van der Waals surface area contributed by atoms with E-state index in [2.05, 4.69) is 30.8 Å². The molecule has 0 bridgehead atoms. The maximum absolute atomic E-state index is 12.9.